The van der Waals surface area contributed by atoms with Crippen LogP contribution in [-0.4, -0.2) is 12.0 Å². The maximum atomic E-state index is 5.78. The van der Waals surface area contributed by atoms with Gasteiger partial charge in [-0.05, 0) is 30.3 Å². The second kappa shape index (κ2) is 4.86. The van der Waals surface area contributed by atoms with Crippen molar-refractivity contribution in [2.45, 2.75) is 0 Å². The Morgan fingerprint density at radius 3 is 2.56 bits per heavy atom. The van der Waals surface area contributed by atoms with Crippen molar-refractivity contribution < 1.29 is 4.74 Å². The molecular weight excluding hydrogens is 224 g/mol. The predicted octanol–water partition coefficient (Wildman–Crippen LogP) is 3.57. The molecule has 0 saturated heterocycles. The van der Waals surface area contributed by atoms with Crippen LogP contribution >= 0.6 is 11.6 Å². The monoisotopic (exact) mass is 234 g/mol. The van der Waals surface area contributed by atoms with Crippen molar-refractivity contribution in [1.82, 2.24) is 4.98 Å². The molecule has 0 bridgehead atoms. The van der Waals surface area contributed by atoms with E-state index in [0.717, 1.165) is 5.82 Å². The quantitative estimate of drug-likeness (QED) is 0.882. The summed E-state index contributed by atoms with van der Waals surface area (Å²) in [5.41, 5.74) is 0. The van der Waals surface area contributed by atoms with Gasteiger partial charge in [0.15, 0.2) is 0 Å². The van der Waals surface area contributed by atoms with Gasteiger partial charge in [0.05, 0.1) is 0 Å². The molecule has 0 amide bonds. The Bertz CT molecular complexity index is 471. The molecule has 0 spiro atoms. The van der Waals surface area contributed by atoms with Crippen LogP contribution in [0.15, 0.2) is 42.5 Å². The highest BCUT2D eigenvalue weighted by atomic mass is 35.5. The lowest BCUT2D eigenvalue weighted by Gasteiger charge is -2.06. The van der Waals surface area contributed by atoms with E-state index in [1.54, 1.807) is 30.3 Å². The Kier molecular flexibility index (Phi) is 3.27. The predicted molar refractivity (Wildman–Crippen MR) is 65.3 cm³/mol. The van der Waals surface area contributed by atoms with Crippen LogP contribution in [-0.2, 0) is 0 Å². The number of nitrogens with one attached hydrogen (secondary N) is 1. The van der Waals surface area contributed by atoms with Crippen LogP contribution in [0.1, 0.15) is 0 Å². The third-order valence-electron chi connectivity index (χ3n) is 2.02. The standard InChI is InChI=1S/C12H11ClN2O/c1-14-11-3-2-4-12(15-11)16-10-7-5-9(13)6-8-10/h2-8H,1H3,(H,14,15). The summed E-state index contributed by atoms with van der Waals surface area (Å²) in [6.07, 6.45) is 0. The van der Waals surface area contributed by atoms with Crippen LogP contribution in [0.4, 0.5) is 5.82 Å². The van der Waals surface area contributed by atoms with Crippen molar-refractivity contribution in [2.24, 2.45) is 0 Å². The highest BCUT2D eigenvalue weighted by molar-refractivity contribution is 6.30. The molecule has 4 heteroatoms. The number of nitrogens with zero attached hydrogens (tertiary/aromatic N) is 1. The summed E-state index contributed by atoms with van der Waals surface area (Å²) >= 11 is 5.78. The largest absolute Gasteiger partial charge is 0.439 e. The number of hydrogen-bond acceptors (Lipinski definition) is 3. The number of anilines is 1. The molecule has 1 heterocycles. The van der Waals surface area contributed by atoms with Gasteiger partial charge in [0.25, 0.3) is 0 Å². The Labute approximate surface area is 99.0 Å². The molecular formula is C12H11ClN2O. The van der Waals surface area contributed by atoms with Crippen molar-refractivity contribution in [3.8, 4) is 11.6 Å². The zero-order valence-corrected chi connectivity index (χ0v) is 9.53. The second-order valence-electron chi connectivity index (χ2n) is 3.17. The van der Waals surface area contributed by atoms with Crippen LogP contribution in [0.25, 0.3) is 0 Å². The van der Waals surface area contributed by atoms with E-state index in [1.807, 2.05) is 19.2 Å². The lowest BCUT2D eigenvalue weighted by atomic mass is 10.3. The van der Waals surface area contributed by atoms with Crippen LogP contribution in [0, 0.1) is 0 Å². The normalized spacial score (nSPS) is 9.88. The van der Waals surface area contributed by atoms with Gasteiger partial charge < -0.3 is 10.1 Å². The van der Waals surface area contributed by atoms with E-state index < -0.39 is 0 Å². The highest BCUT2D eigenvalue weighted by Gasteiger charge is 1.99. The van der Waals surface area contributed by atoms with Gasteiger partial charge in [-0.25, -0.2) is 0 Å². The van der Waals surface area contributed by atoms with E-state index in [-0.39, 0.29) is 0 Å². The summed E-state index contributed by atoms with van der Waals surface area (Å²) in [5.74, 6) is 2.03. The number of ether oxygens (including phenoxy) is 1. The number of aromatic nitrogens is 1. The average Bonchev–Trinajstić information content (AvgIpc) is 2.32. The van der Waals surface area contributed by atoms with Crippen molar-refractivity contribution in [3.05, 3.63) is 47.5 Å². The van der Waals surface area contributed by atoms with Crippen molar-refractivity contribution in [1.29, 1.82) is 0 Å². The SMILES string of the molecule is CNc1cccc(Oc2ccc(Cl)cc2)n1. The number of halogens is 1. The molecule has 1 N–H and O–H groups in total. The van der Waals surface area contributed by atoms with Crippen LogP contribution in [0.2, 0.25) is 5.02 Å². The van der Waals surface area contributed by atoms with E-state index in [9.17, 15) is 0 Å². The molecule has 0 radical (unpaired) electrons. The van der Waals surface area contributed by atoms with E-state index in [0.29, 0.717) is 16.7 Å². The van der Waals surface area contributed by atoms with Gasteiger partial charge in [-0.15, -0.1) is 0 Å². The molecule has 0 unspecified atom stereocenters. The first-order valence-corrected chi connectivity index (χ1v) is 5.24. The summed E-state index contributed by atoms with van der Waals surface area (Å²) in [5, 5.41) is 3.63. The third-order valence-corrected chi connectivity index (χ3v) is 2.27. The lowest BCUT2D eigenvalue weighted by Crippen LogP contribution is -1.93. The first-order valence-electron chi connectivity index (χ1n) is 4.86. The fraction of sp³-hybridized carbons (Fsp3) is 0.0833. The minimum absolute atomic E-state index is 0.550. The van der Waals surface area contributed by atoms with Crippen molar-refractivity contribution in [2.75, 3.05) is 12.4 Å². The maximum Gasteiger partial charge on any atom is 0.221 e. The lowest BCUT2D eigenvalue weighted by molar-refractivity contribution is 0.464. The van der Waals surface area contributed by atoms with E-state index in [4.69, 9.17) is 16.3 Å². The summed E-state index contributed by atoms with van der Waals surface area (Å²) in [6, 6.07) is 12.7. The summed E-state index contributed by atoms with van der Waals surface area (Å²) in [4.78, 5) is 4.24. The van der Waals surface area contributed by atoms with Gasteiger partial charge in [-0.2, -0.15) is 4.98 Å². The fourth-order valence-corrected chi connectivity index (χ4v) is 1.36. The molecule has 1 aromatic carbocycles. The zero-order valence-electron chi connectivity index (χ0n) is 8.77. The molecule has 0 aliphatic carbocycles. The minimum Gasteiger partial charge on any atom is -0.439 e. The molecule has 3 nitrogen and oxygen atoms in total. The summed E-state index contributed by atoms with van der Waals surface area (Å²) in [7, 11) is 1.81. The molecule has 82 valence electrons. The average molecular weight is 235 g/mol. The van der Waals surface area contributed by atoms with E-state index in [2.05, 4.69) is 10.3 Å². The maximum absolute atomic E-state index is 5.78. The van der Waals surface area contributed by atoms with Gasteiger partial charge in [-0.1, -0.05) is 17.7 Å². The Hall–Kier alpha value is -1.74. The minimum atomic E-state index is 0.550. The highest BCUT2D eigenvalue weighted by Crippen LogP contribution is 2.22. The number of benzene rings is 1. The first-order chi connectivity index (χ1) is 7.78. The molecule has 1 aromatic heterocycles. The molecule has 0 saturated carbocycles. The Morgan fingerprint density at radius 1 is 1.12 bits per heavy atom. The smallest absolute Gasteiger partial charge is 0.221 e. The molecule has 2 rings (SSSR count). The Balaban J connectivity index is 2.16. The molecule has 0 aliphatic heterocycles. The Morgan fingerprint density at radius 2 is 1.88 bits per heavy atom. The van der Waals surface area contributed by atoms with Gasteiger partial charge in [-0.3, -0.25) is 0 Å². The van der Waals surface area contributed by atoms with Gasteiger partial charge in [0, 0.05) is 18.1 Å². The topological polar surface area (TPSA) is 34.1 Å². The number of hydrogen-bond donors (Lipinski definition) is 1. The van der Waals surface area contributed by atoms with Gasteiger partial charge in [0.2, 0.25) is 5.88 Å². The van der Waals surface area contributed by atoms with Crippen LogP contribution in [0.5, 0.6) is 11.6 Å². The van der Waals surface area contributed by atoms with Crippen molar-refractivity contribution in [3.63, 3.8) is 0 Å². The second-order valence-corrected chi connectivity index (χ2v) is 3.60. The van der Waals surface area contributed by atoms with Gasteiger partial charge in [0.1, 0.15) is 11.6 Å². The van der Waals surface area contributed by atoms with Crippen LogP contribution in [0.3, 0.4) is 0 Å². The summed E-state index contributed by atoms with van der Waals surface area (Å²) in [6.45, 7) is 0. The van der Waals surface area contributed by atoms with Crippen LogP contribution < -0.4 is 10.1 Å². The summed E-state index contributed by atoms with van der Waals surface area (Å²) < 4.78 is 5.57. The first kappa shape index (κ1) is 10.8. The fourth-order valence-electron chi connectivity index (χ4n) is 1.23. The van der Waals surface area contributed by atoms with Gasteiger partial charge >= 0.3 is 0 Å². The molecule has 16 heavy (non-hydrogen) atoms. The molecule has 2 aromatic rings. The van der Waals surface area contributed by atoms with E-state index >= 15 is 0 Å². The molecule has 0 aliphatic rings. The molecule has 0 atom stereocenters. The van der Waals surface area contributed by atoms with Crippen molar-refractivity contribution >= 4 is 17.4 Å². The zero-order chi connectivity index (χ0) is 11.4. The molecule has 0 fully saturated rings. The number of rotatable bonds is 3. The number of pyridine rings is 1. The van der Waals surface area contributed by atoms with E-state index in [1.165, 1.54) is 0 Å². The third kappa shape index (κ3) is 2.64.